The van der Waals surface area contributed by atoms with Crippen molar-refractivity contribution >= 4 is 47.2 Å². The van der Waals surface area contributed by atoms with Gasteiger partial charge in [-0.15, -0.1) is 36.2 Å². The molecule has 8 heteroatoms. The first kappa shape index (κ1) is 22.7. The summed E-state index contributed by atoms with van der Waals surface area (Å²) < 4.78 is 0. The van der Waals surface area contributed by atoms with Crippen LogP contribution in [0.4, 0.5) is 5.13 Å². The Morgan fingerprint density at radius 2 is 2.05 bits per heavy atom. The van der Waals surface area contributed by atoms with Crippen molar-refractivity contribution in [3.8, 4) is 0 Å². The SMILES string of the molecule is CC(C)(C)C[C@@H](N)C(=O)NCCCc1csc(N)n1.Cl.Cl. The van der Waals surface area contributed by atoms with E-state index in [0.717, 1.165) is 18.5 Å². The van der Waals surface area contributed by atoms with Crippen LogP contribution in [0.1, 0.15) is 39.3 Å². The molecule has 1 amide bonds. The molecule has 0 saturated heterocycles. The summed E-state index contributed by atoms with van der Waals surface area (Å²) in [4.78, 5) is 15.9. The van der Waals surface area contributed by atoms with Crippen molar-refractivity contribution in [1.29, 1.82) is 0 Å². The number of nitrogens with two attached hydrogens (primary N) is 2. The molecule has 21 heavy (non-hydrogen) atoms. The van der Waals surface area contributed by atoms with Crippen LogP contribution >= 0.6 is 36.2 Å². The number of nitrogens with zero attached hydrogens (tertiary/aromatic N) is 1. The van der Waals surface area contributed by atoms with E-state index in [0.29, 0.717) is 18.1 Å². The Labute approximate surface area is 143 Å². The molecule has 0 aliphatic heterocycles. The quantitative estimate of drug-likeness (QED) is 0.682. The molecular formula is C13H26Cl2N4OS. The fourth-order valence-electron chi connectivity index (χ4n) is 1.80. The molecule has 1 atom stereocenters. The Morgan fingerprint density at radius 1 is 1.43 bits per heavy atom. The van der Waals surface area contributed by atoms with Gasteiger partial charge in [0.05, 0.1) is 11.7 Å². The maximum atomic E-state index is 11.8. The lowest BCUT2D eigenvalue weighted by Gasteiger charge is -2.22. The maximum absolute atomic E-state index is 11.8. The number of hydrogen-bond acceptors (Lipinski definition) is 5. The minimum atomic E-state index is -0.435. The lowest BCUT2D eigenvalue weighted by molar-refractivity contribution is -0.123. The van der Waals surface area contributed by atoms with E-state index in [1.807, 2.05) is 5.38 Å². The number of carbonyl (C=O) groups excluding carboxylic acids is 1. The van der Waals surface area contributed by atoms with Crippen LogP contribution in [0.15, 0.2) is 5.38 Å². The normalized spacial score (nSPS) is 12.0. The molecule has 1 aromatic rings. The van der Waals surface area contributed by atoms with E-state index in [2.05, 4.69) is 31.1 Å². The molecule has 1 heterocycles. The molecule has 5 nitrogen and oxygen atoms in total. The van der Waals surface area contributed by atoms with Gasteiger partial charge in [-0.25, -0.2) is 4.98 Å². The number of carbonyl (C=O) groups is 1. The first-order valence-electron chi connectivity index (χ1n) is 6.51. The van der Waals surface area contributed by atoms with Gasteiger partial charge >= 0.3 is 0 Å². The predicted molar refractivity (Wildman–Crippen MR) is 94.4 cm³/mol. The average molecular weight is 357 g/mol. The van der Waals surface area contributed by atoms with Gasteiger partial charge in [0.15, 0.2) is 5.13 Å². The largest absolute Gasteiger partial charge is 0.375 e. The molecule has 0 aliphatic carbocycles. The first-order valence-corrected chi connectivity index (χ1v) is 7.39. The third-order valence-electron chi connectivity index (χ3n) is 2.65. The van der Waals surface area contributed by atoms with Crippen molar-refractivity contribution in [3.05, 3.63) is 11.1 Å². The predicted octanol–water partition coefficient (Wildman–Crippen LogP) is 2.38. The van der Waals surface area contributed by atoms with E-state index >= 15 is 0 Å². The molecule has 0 radical (unpaired) electrons. The van der Waals surface area contributed by atoms with E-state index < -0.39 is 6.04 Å². The molecule has 0 aromatic carbocycles. The number of amides is 1. The lowest BCUT2D eigenvalue weighted by Crippen LogP contribution is -2.43. The van der Waals surface area contributed by atoms with Crippen molar-refractivity contribution < 1.29 is 4.79 Å². The van der Waals surface area contributed by atoms with E-state index in [4.69, 9.17) is 11.5 Å². The molecule has 0 aliphatic rings. The molecule has 0 fully saturated rings. The van der Waals surface area contributed by atoms with Crippen molar-refractivity contribution in [2.24, 2.45) is 11.1 Å². The summed E-state index contributed by atoms with van der Waals surface area (Å²) in [5.41, 5.74) is 12.5. The molecule has 0 spiro atoms. The molecule has 0 bridgehead atoms. The summed E-state index contributed by atoms with van der Waals surface area (Å²) in [6.07, 6.45) is 2.35. The molecule has 0 saturated carbocycles. The van der Waals surface area contributed by atoms with Crippen molar-refractivity contribution in [3.63, 3.8) is 0 Å². The monoisotopic (exact) mass is 356 g/mol. The number of rotatable bonds is 6. The number of nitrogen functional groups attached to an aromatic ring is 1. The van der Waals surface area contributed by atoms with Gasteiger partial charge in [-0.3, -0.25) is 4.79 Å². The van der Waals surface area contributed by atoms with E-state index in [1.54, 1.807) is 0 Å². The zero-order valence-corrected chi connectivity index (χ0v) is 15.2. The number of hydrogen-bond donors (Lipinski definition) is 3. The average Bonchev–Trinajstić information content (AvgIpc) is 2.68. The Morgan fingerprint density at radius 3 is 2.52 bits per heavy atom. The van der Waals surface area contributed by atoms with E-state index in [1.165, 1.54) is 11.3 Å². The summed E-state index contributed by atoms with van der Waals surface area (Å²) in [5.74, 6) is -0.0762. The summed E-state index contributed by atoms with van der Waals surface area (Å²) >= 11 is 1.44. The maximum Gasteiger partial charge on any atom is 0.236 e. The van der Waals surface area contributed by atoms with Crippen LogP contribution in [0.2, 0.25) is 0 Å². The third kappa shape index (κ3) is 9.90. The highest BCUT2D eigenvalue weighted by atomic mass is 35.5. The molecule has 5 N–H and O–H groups in total. The van der Waals surface area contributed by atoms with Gasteiger partial charge in [0.2, 0.25) is 5.91 Å². The number of anilines is 1. The summed E-state index contributed by atoms with van der Waals surface area (Å²) in [7, 11) is 0. The number of aryl methyl sites for hydroxylation is 1. The smallest absolute Gasteiger partial charge is 0.236 e. The van der Waals surface area contributed by atoms with E-state index in [9.17, 15) is 4.79 Å². The summed E-state index contributed by atoms with van der Waals surface area (Å²) in [5, 5.41) is 5.40. The summed E-state index contributed by atoms with van der Waals surface area (Å²) in [6.45, 7) is 6.85. The Kier molecular flexibility index (Phi) is 11.0. The molecular weight excluding hydrogens is 331 g/mol. The van der Waals surface area contributed by atoms with Crippen LogP contribution in [-0.2, 0) is 11.2 Å². The van der Waals surface area contributed by atoms with Crippen LogP contribution in [-0.4, -0.2) is 23.5 Å². The zero-order valence-electron chi connectivity index (χ0n) is 12.7. The Balaban J connectivity index is 0. The highest BCUT2D eigenvalue weighted by molar-refractivity contribution is 7.13. The second-order valence-electron chi connectivity index (χ2n) is 5.94. The standard InChI is InChI=1S/C13H24N4OS.2ClH/c1-13(2,3)7-10(14)11(18)16-6-4-5-9-8-19-12(15)17-9;;/h8,10H,4-7,14H2,1-3H3,(H2,15,17)(H,16,18);2*1H/t10-;;/m1../s1. The third-order valence-corrected chi connectivity index (χ3v) is 3.37. The topological polar surface area (TPSA) is 94.0 Å². The lowest BCUT2D eigenvalue weighted by atomic mass is 9.88. The molecule has 1 rings (SSSR count). The molecule has 1 aromatic heterocycles. The fraction of sp³-hybridized carbons (Fsp3) is 0.692. The van der Waals surface area contributed by atoms with Gasteiger partial charge in [0.1, 0.15) is 0 Å². The van der Waals surface area contributed by atoms with Gasteiger partial charge in [-0.2, -0.15) is 0 Å². The van der Waals surface area contributed by atoms with Crippen LogP contribution < -0.4 is 16.8 Å². The molecule has 0 unspecified atom stereocenters. The highest BCUT2D eigenvalue weighted by Crippen LogP contribution is 2.19. The number of nitrogens with one attached hydrogen (secondary N) is 1. The number of thiazole rings is 1. The number of halogens is 2. The van der Waals surface area contributed by atoms with Gasteiger partial charge in [0.25, 0.3) is 0 Å². The summed E-state index contributed by atoms with van der Waals surface area (Å²) in [6, 6.07) is -0.435. The van der Waals surface area contributed by atoms with Gasteiger partial charge in [-0.1, -0.05) is 20.8 Å². The highest BCUT2D eigenvalue weighted by Gasteiger charge is 2.20. The van der Waals surface area contributed by atoms with Crippen LogP contribution in [0.5, 0.6) is 0 Å². The van der Waals surface area contributed by atoms with Gasteiger partial charge in [0, 0.05) is 11.9 Å². The van der Waals surface area contributed by atoms with Crippen molar-refractivity contribution in [2.45, 2.75) is 46.1 Å². The van der Waals surface area contributed by atoms with Crippen molar-refractivity contribution in [2.75, 3.05) is 12.3 Å². The Hall–Kier alpha value is -0.560. The van der Waals surface area contributed by atoms with Crippen LogP contribution in [0, 0.1) is 5.41 Å². The zero-order chi connectivity index (χ0) is 14.5. The van der Waals surface area contributed by atoms with Crippen LogP contribution in [0.25, 0.3) is 0 Å². The fourth-order valence-corrected chi connectivity index (χ4v) is 2.40. The minimum absolute atomic E-state index is 0. The Bertz CT molecular complexity index is 421. The second-order valence-corrected chi connectivity index (χ2v) is 6.83. The van der Waals surface area contributed by atoms with E-state index in [-0.39, 0.29) is 36.1 Å². The minimum Gasteiger partial charge on any atom is -0.375 e. The van der Waals surface area contributed by atoms with Gasteiger partial charge < -0.3 is 16.8 Å². The van der Waals surface area contributed by atoms with Crippen molar-refractivity contribution in [1.82, 2.24) is 10.3 Å². The van der Waals surface area contributed by atoms with Gasteiger partial charge in [-0.05, 0) is 24.7 Å². The first-order chi connectivity index (χ1) is 8.78. The molecule has 124 valence electrons. The number of aromatic nitrogens is 1. The van der Waals surface area contributed by atoms with Crippen LogP contribution in [0.3, 0.4) is 0 Å². The second kappa shape index (κ2) is 10.2.